The minimum absolute atomic E-state index is 0.913. The van der Waals surface area contributed by atoms with Gasteiger partial charge in [0, 0.05) is 44.3 Å². The zero-order valence-corrected chi connectivity index (χ0v) is 26.6. The highest BCUT2D eigenvalue weighted by molar-refractivity contribution is 6.17. The van der Waals surface area contributed by atoms with Gasteiger partial charge in [-0.3, -0.25) is 0 Å². The third-order valence-corrected chi connectivity index (χ3v) is 9.74. The van der Waals surface area contributed by atoms with E-state index in [0.717, 1.165) is 50.2 Å². The van der Waals surface area contributed by atoms with E-state index >= 15 is 0 Å². The fourth-order valence-electron chi connectivity index (χ4n) is 7.43. The summed E-state index contributed by atoms with van der Waals surface area (Å²) in [5.41, 5.74) is 11.0. The smallest absolute Gasteiger partial charge is 0.136 e. The van der Waals surface area contributed by atoms with Crippen molar-refractivity contribution in [1.29, 1.82) is 0 Å². The summed E-state index contributed by atoms with van der Waals surface area (Å²) in [4.78, 5) is 2.33. The second kappa shape index (κ2) is 11.0. The minimum Gasteiger partial charge on any atom is -0.456 e. The molecular weight excluding hydrogens is 597 g/mol. The zero-order valence-electron chi connectivity index (χ0n) is 26.6. The van der Waals surface area contributed by atoms with E-state index in [1.165, 1.54) is 38.2 Å². The monoisotopic (exact) mass is 626 g/mol. The van der Waals surface area contributed by atoms with Gasteiger partial charge in [-0.1, -0.05) is 103 Å². The summed E-state index contributed by atoms with van der Waals surface area (Å²) in [7, 11) is 0. The molecule has 230 valence electrons. The summed E-state index contributed by atoms with van der Waals surface area (Å²) in [6.07, 6.45) is 0. The molecule has 0 aliphatic carbocycles. The second-order valence-electron chi connectivity index (χ2n) is 12.6. The van der Waals surface area contributed by atoms with Crippen molar-refractivity contribution in [3.63, 3.8) is 0 Å². The molecule has 0 saturated carbocycles. The van der Waals surface area contributed by atoms with Crippen LogP contribution < -0.4 is 4.90 Å². The van der Waals surface area contributed by atoms with Gasteiger partial charge in [0.05, 0.1) is 11.0 Å². The lowest BCUT2D eigenvalue weighted by Crippen LogP contribution is -2.10. The van der Waals surface area contributed by atoms with Crippen molar-refractivity contribution in [2.75, 3.05) is 4.90 Å². The first kappa shape index (κ1) is 27.5. The lowest BCUT2D eigenvalue weighted by Gasteiger charge is -2.26. The largest absolute Gasteiger partial charge is 0.456 e. The average Bonchev–Trinajstić information content (AvgIpc) is 3.69. The number of hydrogen-bond acceptors (Lipinski definition) is 2. The van der Waals surface area contributed by atoms with Gasteiger partial charge in [-0.2, -0.15) is 0 Å². The third kappa shape index (κ3) is 4.51. The minimum atomic E-state index is 0.913. The molecule has 0 saturated heterocycles. The molecule has 0 bridgehead atoms. The van der Waals surface area contributed by atoms with Crippen LogP contribution in [-0.4, -0.2) is 4.57 Å². The van der Waals surface area contributed by atoms with E-state index in [1.807, 2.05) is 12.1 Å². The Morgan fingerprint density at radius 1 is 0.367 bits per heavy atom. The lowest BCUT2D eigenvalue weighted by molar-refractivity contribution is 0.669. The van der Waals surface area contributed by atoms with Crippen LogP contribution >= 0.6 is 0 Å². The first-order valence-electron chi connectivity index (χ1n) is 16.7. The van der Waals surface area contributed by atoms with E-state index in [9.17, 15) is 0 Å². The second-order valence-corrected chi connectivity index (χ2v) is 12.6. The SMILES string of the molecule is c1ccc(N(c2ccc(-n3c4ccccc4c4cc5oc6ccccc6c5cc43)cc2)c2cccc(-c3ccc4ccccc4c3)c2)cc1. The Bertz CT molecular complexity index is 2830. The third-order valence-electron chi connectivity index (χ3n) is 9.74. The van der Waals surface area contributed by atoms with Crippen LogP contribution in [0, 0.1) is 0 Å². The summed E-state index contributed by atoms with van der Waals surface area (Å²) < 4.78 is 8.67. The van der Waals surface area contributed by atoms with E-state index in [1.54, 1.807) is 0 Å². The molecule has 10 rings (SSSR count). The molecule has 0 spiro atoms. The number of benzene rings is 8. The summed E-state index contributed by atoms with van der Waals surface area (Å²) >= 11 is 0. The molecule has 3 heteroatoms. The van der Waals surface area contributed by atoms with Crippen molar-refractivity contribution in [2.45, 2.75) is 0 Å². The van der Waals surface area contributed by atoms with Gasteiger partial charge in [0.15, 0.2) is 0 Å². The van der Waals surface area contributed by atoms with Crippen molar-refractivity contribution in [1.82, 2.24) is 4.57 Å². The summed E-state index contributed by atoms with van der Waals surface area (Å²) in [6, 6.07) is 65.0. The van der Waals surface area contributed by atoms with Gasteiger partial charge in [-0.25, -0.2) is 0 Å². The molecule has 0 unspecified atom stereocenters. The normalized spacial score (nSPS) is 11.7. The Labute approximate surface area is 283 Å². The van der Waals surface area contributed by atoms with Gasteiger partial charge in [0.2, 0.25) is 0 Å². The summed E-state index contributed by atoms with van der Waals surface area (Å²) in [6.45, 7) is 0. The Kier molecular flexibility index (Phi) is 6.18. The van der Waals surface area contributed by atoms with Gasteiger partial charge in [-0.15, -0.1) is 0 Å². The average molecular weight is 627 g/mol. The number of aromatic nitrogens is 1. The molecule has 2 aromatic heterocycles. The van der Waals surface area contributed by atoms with Crippen LogP contribution in [0.5, 0.6) is 0 Å². The summed E-state index contributed by atoms with van der Waals surface area (Å²) in [5.74, 6) is 0. The zero-order chi connectivity index (χ0) is 32.3. The lowest BCUT2D eigenvalue weighted by atomic mass is 10.0. The predicted molar refractivity (Wildman–Crippen MR) is 206 cm³/mol. The van der Waals surface area contributed by atoms with Gasteiger partial charge in [0.1, 0.15) is 11.2 Å². The molecule has 10 aromatic rings. The number of hydrogen-bond donors (Lipinski definition) is 0. The van der Waals surface area contributed by atoms with E-state index in [-0.39, 0.29) is 0 Å². The summed E-state index contributed by atoms with van der Waals surface area (Å²) in [5, 5.41) is 7.15. The number of anilines is 3. The molecule has 0 aliphatic heterocycles. The van der Waals surface area contributed by atoms with E-state index in [0.29, 0.717) is 0 Å². The molecule has 0 aliphatic rings. The molecule has 49 heavy (non-hydrogen) atoms. The predicted octanol–water partition coefficient (Wildman–Crippen LogP) is 13.0. The van der Waals surface area contributed by atoms with E-state index in [2.05, 4.69) is 179 Å². The molecule has 8 aromatic carbocycles. The Morgan fingerprint density at radius 3 is 1.94 bits per heavy atom. The number of nitrogens with zero attached hydrogens (tertiary/aromatic N) is 2. The van der Waals surface area contributed by atoms with Crippen LogP contribution in [-0.2, 0) is 0 Å². The van der Waals surface area contributed by atoms with Gasteiger partial charge < -0.3 is 13.9 Å². The van der Waals surface area contributed by atoms with E-state index < -0.39 is 0 Å². The van der Waals surface area contributed by atoms with Crippen LogP contribution in [0.2, 0.25) is 0 Å². The van der Waals surface area contributed by atoms with Crippen molar-refractivity contribution in [3.05, 3.63) is 182 Å². The highest BCUT2D eigenvalue weighted by Gasteiger charge is 2.18. The molecule has 3 nitrogen and oxygen atoms in total. The van der Waals surface area contributed by atoms with Crippen LogP contribution in [0.3, 0.4) is 0 Å². The Morgan fingerprint density at radius 2 is 1.06 bits per heavy atom. The molecule has 0 N–H and O–H groups in total. The molecule has 0 fully saturated rings. The van der Waals surface area contributed by atoms with Crippen LogP contribution in [0.25, 0.3) is 71.3 Å². The first-order chi connectivity index (χ1) is 24.3. The topological polar surface area (TPSA) is 21.3 Å². The number of rotatable bonds is 5. The number of furan rings is 1. The maximum absolute atomic E-state index is 6.29. The van der Waals surface area contributed by atoms with Gasteiger partial charge in [0.25, 0.3) is 0 Å². The molecule has 0 amide bonds. The highest BCUT2D eigenvalue weighted by atomic mass is 16.3. The molecule has 0 atom stereocenters. The fraction of sp³-hybridized carbons (Fsp3) is 0. The van der Waals surface area contributed by atoms with Gasteiger partial charge in [-0.05, 0) is 101 Å². The first-order valence-corrected chi connectivity index (χ1v) is 16.7. The van der Waals surface area contributed by atoms with Crippen molar-refractivity contribution in [3.8, 4) is 16.8 Å². The molecular formula is C46H30N2O. The van der Waals surface area contributed by atoms with E-state index in [4.69, 9.17) is 4.42 Å². The van der Waals surface area contributed by atoms with Crippen molar-refractivity contribution >= 4 is 71.6 Å². The maximum Gasteiger partial charge on any atom is 0.136 e. The van der Waals surface area contributed by atoms with Gasteiger partial charge >= 0.3 is 0 Å². The number of fused-ring (bicyclic) bond motifs is 7. The molecule has 0 radical (unpaired) electrons. The van der Waals surface area contributed by atoms with Crippen LogP contribution in [0.15, 0.2) is 186 Å². The standard InChI is InChI=1S/C46H30N2O/c1-2-14-35(15-3-1)47(38-16-10-13-33(28-38)34-22-21-31-11-4-5-12-32(31)27-34)36-23-25-37(26-24-36)48-43-19-8-6-17-39(43)41-30-46-42(29-44(41)48)40-18-7-9-20-45(40)49-46/h1-30H. The van der Waals surface area contributed by atoms with Crippen molar-refractivity contribution < 1.29 is 4.42 Å². The quantitative estimate of drug-likeness (QED) is 0.190. The van der Waals surface area contributed by atoms with Crippen LogP contribution in [0.1, 0.15) is 0 Å². The molecule has 2 heterocycles. The number of para-hydroxylation sites is 3. The Hall–Kier alpha value is -6.58. The van der Waals surface area contributed by atoms with Crippen LogP contribution in [0.4, 0.5) is 17.1 Å². The highest BCUT2D eigenvalue weighted by Crippen LogP contribution is 2.40. The van der Waals surface area contributed by atoms with Crippen molar-refractivity contribution in [2.24, 2.45) is 0 Å². The maximum atomic E-state index is 6.29. The fourth-order valence-corrected chi connectivity index (χ4v) is 7.43. The Balaban J connectivity index is 1.11.